The zero-order chi connectivity index (χ0) is 15.5. The standard InChI is InChI=1S/C9H9F7O3/c1-3-18-6(17)4-5(2)7(10,8(11,12)13)19-9(14,15)16/h4H,3H2,1-2H3. The van der Waals surface area contributed by atoms with E-state index in [9.17, 15) is 35.5 Å². The molecule has 0 saturated heterocycles. The molecule has 0 amide bonds. The van der Waals surface area contributed by atoms with E-state index in [0.717, 1.165) is 0 Å². The van der Waals surface area contributed by atoms with Crippen molar-refractivity contribution in [1.29, 1.82) is 0 Å². The maximum Gasteiger partial charge on any atom is 0.525 e. The third-order valence-corrected chi connectivity index (χ3v) is 1.75. The van der Waals surface area contributed by atoms with E-state index in [0.29, 0.717) is 6.92 Å². The Hall–Kier alpha value is -1.32. The molecular formula is C9H9F7O3. The minimum absolute atomic E-state index is 0.0528. The van der Waals surface area contributed by atoms with Gasteiger partial charge in [0.1, 0.15) is 0 Å². The summed E-state index contributed by atoms with van der Waals surface area (Å²) in [5.41, 5.74) is -1.63. The molecule has 10 heteroatoms. The molecule has 1 atom stereocenters. The summed E-state index contributed by atoms with van der Waals surface area (Å²) >= 11 is 0. The van der Waals surface area contributed by atoms with Crippen molar-refractivity contribution in [2.75, 3.05) is 6.61 Å². The van der Waals surface area contributed by atoms with E-state index < -0.39 is 29.9 Å². The lowest BCUT2D eigenvalue weighted by Crippen LogP contribution is -2.48. The first-order valence-electron chi connectivity index (χ1n) is 4.71. The Bertz CT molecular complexity index is 358. The molecule has 0 aromatic carbocycles. The van der Waals surface area contributed by atoms with Crippen LogP contribution >= 0.6 is 0 Å². The molecule has 0 rings (SSSR count). The van der Waals surface area contributed by atoms with Gasteiger partial charge in [0, 0.05) is 11.6 Å². The molecule has 0 N–H and O–H groups in total. The predicted octanol–water partition coefficient (Wildman–Crippen LogP) is 3.26. The Morgan fingerprint density at radius 1 is 1.11 bits per heavy atom. The molecule has 0 spiro atoms. The van der Waals surface area contributed by atoms with Crippen molar-refractivity contribution in [3.63, 3.8) is 0 Å². The largest absolute Gasteiger partial charge is 0.525 e. The van der Waals surface area contributed by atoms with Crippen molar-refractivity contribution in [2.24, 2.45) is 0 Å². The average Bonchev–Trinajstić information content (AvgIpc) is 2.12. The first kappa shape index (κ1) is 17.7. The smallest absolute Gasteiger partial charge is 0.463 e. The molecule has 0 aromatic heterocycles. The van der Waals surface area contributed by atoms with Crippen LogP contribution < -0.4 is 0 Å². The maximum absolute atomic E-state index is 13.4. The van der Waals surface area contributed by atoms with Gasteiger partial charge in [-0.05, 0) is 13.8 Å². The summed E-state index contributed by atoms with van der Waals surface area (Å²) in [7, 11) is 0. The molecule has 0 aliphatic heterocycles. The fourth-order valence-corrected chi connectivity index (χ4v) is 0.975. The molecule has 1 unspecified atom stereocenters. The molecule has 0 radical (unpaired) electrons. The minimum Gasteiger partial charge on any atom is -0.463 e. The summed E-state index contributed by atoms with van der Waals surface area (Å²) < 4.78 is 92.5. The van der Waals surface area contributed by atoms with Crippen molar-refractivity contribution in [3.05, 3.63) is 11.6 Å². The molecule has 0 fully saturated rings. The second-order valence-electron chi connectivity index (χ2n) is 3.22. The van der Waals surface area contributed by atoms with Gasteiger partial charge in [0.15, 0.2) is 0 Å². The molecule has 0 heterocycles. The number of rotatable bonds is 4. The quantitative estimate of drug-likeness (QED) is 0.454. The zero-order valence-corrected chi connectivity index (χ0v) is 9.65. The van der Waals surface area contributed by atoms with Gasteiger partial charge in [0.05, 0.1) is 6.61 Å². The highest BCUT2D eigenvalue weighted by molar-refractivity contribution is 5.83. The predicted molar refractivity (Wildman–Crippen MR) is 47.4 cm³/mol. The Labute approximate surface area is 103 Å². The van der Waals surface area contributed by atoms with Gasteiger partial charge < -0.3 is 4.74 Å². The number of halogens is 7. The van der Waals surface area contributed by atoms with Crippen LogP contribution in [0.25, 0.3) is 0 Å². The topological polar surface area (TPSA) is 35.5 Å². The first-order valence-corrected chi connectivity index (χ1v) is 4.71. The highest BCUT2D eigenvalue weighted by atomic mass is 19.4. The maximum atomic E-state index is 13.4. The van der Waals surface area contributed by atoms with Crippen molar-refractivity contribution in [3.8, 4) is 0 Å². The van der Waals surface area contributed by atoms with Crippen molar-refractivity contribution in [1.82, 2.24) is 0 Å². The van der Waals surface area contributed by atoms with Gasteiger partial charge in [-0.15, -0.1) is 13.2 Å². The second-order valence-corrected chi connectivity index (χ2v) is 3.22. The lowest BCUT2D eigenvalue weighted by Gasteiger charge is -2.29. The van der Waals surface area contributed by atoms with Gasteiger partial charge in [-0.25, -0.2) is 9.53 Å². The van der Waals surface area contributed by atoms with Crippen molar-refractivity contribution < 1.29 is 45.0 Å². The molecule has 0 saturated carbocycles. The van der Waals surface area contributed by atoms with E-state index in [1.54, 1.807) is 0 Å². The number of hydrogen-bond acceptors (Lipinski definition) is 3. The highest BCUT2D eigenvalue weighted by Gasteiger charge is 2.63. The summed E-state index contributed by atoms with van der Waals surface area (Å²) in [6.45, 7) is 1.39. The molecule has 3 nitrogen and oxygen atoms in total. The van der Waals surface area contributed by atoms with E-state index >= 15 is 0 Å². The fourth-order valence-electron chi connectivity index (χ4n) is 0.975. The number of carbonyl (C=O) groups is 1. The molecular weight excluding hydrogens is 289 g/mol. The number of carbonyl (C=O) groups excluding carboxylic acids is 1. The van der Waals surface area contributed by atoms with Gasteiger partial charge in [-0.1, -0.05) is 0 Å². The Balaban J connectivity index is 5.44. The summed E-state index contributed by atoms with van der Waals surface area (Å²) in [5, 5.41) is 0. The molecule has 0 aliphatic carbocycles. The van der Waals surface area contributed by atoms with Gasteiger partial charge in [-0.2, -0.15) is 17.6 Å². The lowest BCUT2D eigenvalue weighted by atomic mass is 10.1. The summed E-state index contributed by atoms with van der Waals surface area (Å²) in [6, 6.07) is 0. The van der Waals surface area contributed by atoms with E-state index in [2.05, 4.69) is 9.47 Å². The van der Waals surface area contributed by atoms with Crippen LogP contribution in [0.3, 0.4) is 0 Å². The van der Waals surface area contributed by atoms with Crippen LogP contribution in [0.5, 0.6) is 0 Å². The number of ether oxygens (including phenoxy) is 2. The normalized spacial score (nSPS) is 17.0. The third-order valence-electron chi connectivity index (χ3n) is 1.75. The zero-order valence-electron chi connectivity index (χ0n) is 9.65. The Morgan fingerprint density at radius 2 is 1.58 bits per heavy atom. The molecule has 19 heavy (non-hydrogen) atoms. The van der Waals surface area contributed by atoms with Crippen LogP contribution in [0.1, 0.15) is 13.8 Å². The van der Waals surface area contributed by atoms with Crippen LogP contribution in [0.4, 0.5) is 30.7 Å². The summed E-state index contributed by atoms with van der Waals surface area (Å²) in [5.74, 6) is -6.57. The minimum atomic E-state index is -6.02. The Kier molecular flexibility index (Phi) is 5.36. The average molecular weight is 298 g/mol. The number of hydrogen-bond donors (Lipinski definition) is 0. The summed E-state index contributed by atoms with van der Waals surface area (Å²) in [6.07, 6.45) is -12.0. The second kappa shape index (κ2) is 5.76. The van der Waals surface area contributed by atoms with E-state index in [-0.39, 0.29) is 12.7 Å². The van der Waals surface area contributed by atoms with Gasteiger partial charge in [-0.3, -0.25) is 0 Å². The SMILES string of the molecule is CCOC(=O)C=C(C)C(F)(OC(F)(F)F)C(F)(F)F. The third kappa shape index (κ3) is 5.05. The molecule has 0 aromatic rings. The van der Waals surface area contributed by atoms with Gasteiger partial charge in [0.25, 0.3) is 0 Å². The molecule has 112 valence electrons. The van der Waals surface area contributed by atoms with Crippen LogP contribution in [-0.2, 0) is 14.3 Å². The van der Waals surface area contributed by atoms with Gasteiger partial charge >= 0.3 is 24.4 Å². The molecule has 0 bridgehead atoms. The van der Waals surface area contributed by atoms with Crippen molar-refractivity contribution >= 4 is 5.97 Å². The number of esters is 1. The van der Waals surface area contributed by atoms with Crippen LogP contribution in [-0.4, -0.2) is 31.0 Å². The van der Waals surface area contributed by atoms with E-state index in [1.807, 2.05) is 0 Å². The summed E-state index contributed by atoms with van der Waals surface area (Å²) in [4.78, 5) is 10.8. The number of alkyl halides is 7. The lowest BCUT2D eigenvalue weighted by molar-refractivity contribution is -0.435. The Morgan fingerprint density at radius 3 is 1.89 bits per heavy atom. The highest BCUT2D eigenvalue weighted by Crippen LogP contribution is 2.44. The van der Waals surface area contributed by atoms with Crippen molar-refractivity contribution in [2.45, 2.75) is 32.2 Å². The van der Waals surface area contributed by atoms with Gasteiger partial charge in [0.2, 0.25) is 0 Å². The van der Waals surface area contributed by atoms with E-state index in [4.69, 9.17) is 0 Å². The fraction of sp³-hybridized carbons (Fsp3) is 0.667. The monoisotopic (exact) mass is 298 g/mol. The van der Waals surface area contributed by atoms with Crippen LogP contribution in [0.15, 0.2) is 11.6 Å². The van der Waals surface area contributed by atoms with Crippen LogP contribution in [0.2, 0.25) is 0 Å². The molecule has 0 aliphatic rings. The first-order chi connectivity index (χ1) is 8.33. The van der Waals surface area contributed by atoms with E-state index in [1.165, 1.54) is 6.92 Å². The van der Waals surface area contributed by atoms with Crippen LogP contribution in [0, 0.1) is 0 Å².